The molecule has 3 heterocycles. The van der Waals surface area contributed by atoms with Gasteiger partial charge in [-0.05, 0) is 41.0 Å². The standard InChI is InChI=1S/C48H32N4S/c1-48(2)38-19-11-9-18-37(38)43-39(48)26-25-36-33-17-10-12-20-40(33)52(44(36)43)32-22-24-35-34-23-21-31(27-41(34)53-42(35)28-32)47-50-45(29-13-5-3-6-14-29)49-46(51-47)30-15-7-4-8-16-30/h3-28H,1-2H3. The van der Waals surface area contributed by atoms with Gasteiger partial charge in [0.25, 0.3) is 0 Å². The Morgan fingerprint density at radius 1 is 0.472 bits per heavy atom. The fraction of sp³-hybridized carbons (Fsp3) is 0.0625. The van der Waals surface area contributed by atoms with Crippen molar-refractivity contribution in [3.8, 4) is 51.0 Å². The molecule has 0 saturated carbocycles. The van der Waals surface area contributed by atoms with E-state index < -0.39 is 0 Å². The molecule has 0 spiro atoms. The van der Waals surface area contributed by atoms with Crippen LogP contribution in [-0.4, -0.2) is 19.5 Å². The Bertz CT molecular complexity index is 3020. The number of thiophene rings is 1. The van der Waals surface area contributed by atoms with Crippen LogP contribution >= 0.6 is 11.3 Å². The van der Waals surface area contributed by atoms with E-state index in [4.69, 9.17) is 15.0 Å². The quantitative estimate of drug-likeness (QED) is 0.184. The summed E-state index contributed by atoms with van der Waals surface area (Å²) in [5, 5.41) is 5.05. The molecule has 0 amide bonds. The lowest BCUT2D eigenvalue weighted by Crippen LogP contribution is -2.14. The maximum Gasteiger partial charge on any atom is 0.164 e. The second kappa shape index (κ2) is 11.3. The molecule has 0 unspecified atom stereocenters. The molecule has 10 aromatic rings. The summed E-state index contributed by atoms with van der Waals surface area (Å²) >= 11 is 1.82. The van der Waals surface area contributed by atoms with Crippen molar-refractivity contribution < 1.29 is 0 Å². The lowest BCUT2D eigenvalue weighted by Gasteiger charge is -2.21. The molecule has 0 aliphatic heterocycles. The van der Waals surface area contributed by atoms with E-state index in [1.807, 2.05) is 72.0 Å². The van der Waals surface area contributed by atoms with E-state index in [-0.39, 0.29) is 5.41 Å². The highest BCUT2D eigenvalue weighted by Gasteiger charge is 2.37. The monoisotopic (exact) mass is 696 g/mol. The summed E-state index contributed by atoms with van der Waals surface area (Å²) in [4.78, 5) is 14.9. The Morgan fingerprint density at radius 3 is 1.79 bits per heavy atom. The number of rotatable bonds is 4. The van der Waals surface area contributed by atoms with Crippen LogP contribution in [-0.2, 0) is 5.41 Å². The second-order valence-corrected chi connectivity index (χ2v) is 15.5. The van der Waals surface area contributed by atoms with Gasteiger partial charge in [0.1, 0.15) is 0 Å². The van der Waals surface area contributed by atoms with Crippen molar-refractivity contribution in [1.82, 2.24) is 19.5 Å². The summed E-state index contributed by atoms with van der Waals surface area (Å²) in [6.45, 7) is 4.71. The first-order valence-electron chi connectivity index (χ1n) is 18.0. The third-order valence-electron chi connectivity index (χ3n) is 11.1. The van der Waals surface area contributed by atoms with Crippen molar-refractivity contribution in [2.75, 3.05) is 0 Å². The highest BCUT2D eigenvalue weighted by Crippen LogP contribution is 2.53. The van der Waals surface area contributed by atoms with Crippen LogP contribution in [0.1, 0.15) is 25.0 Å². The average Bonchev–Trinajstić information content (AvgIpc) is 3.83. The number of fused-ring (bicyclic) bond motifs is 10. The molecule has 5 heteroatoms. The van der Waals surface area contributed by atoms with E-state index in [0.29, 0.717) is 17.5 Å². The Hall–Kier alpha value is -6.43. The highest BCUT2D eigenvalue weighted by atomic mass is 32.1. The van der Waals surface area contributed by atoms with Crippen LogP contribution in [0.2, 0.25) is 0 Å². The van der Waals surface area contributed by atoms with Gasteiger partial charge in [0.15, 0.2) is 17.5 Å². The summed E-state index contributed by atoms with van der Waals surface area (Å²) in [5.41, 5.74) is 12.0. The van der Waals surface area contributed by atoms with Crippen LogP contribution in [0.25, 0.3) is 93.0 Å². The summed E-state index contributed by atoms with van der Waals surface area (Å²) in [7, 11) is 0. The van der Waals surface area contributed by atoms with Gasteiger partial charge in [0, 0.05) is 64.3 Å². The van der Waals surface area contributed by atoms with Crippen LogP contribution < -0.4 is 0 Å². The molecule has 7 aromatic carbocycles. The Kier molecular flexibility index (Phi) is 6.43. The van der Waals surface area contributed by atoms with Crippen molar-refractivity contribution in [3.05, 3.63) is 169 Å². The molecule has 0 fully saturated rings. The second-order valence-electron chi connectivity index (χ2n) is 14.4. The van der Waals surface area contributed by atoms with Gasteiger partial charge in [0.05, 0.1) is 11.0 Å². The van der Waals surface area contributed by atoms with Crippen molar-refractivity contribution in [1.29, 1.82) is 0 Å². The van der Waals surface area contributed by atoms with Gasteiger partial charge in [-0.2, -0.15) is 0 Å². The number of para-hydroxylation sites is 1. The molecular weight excluding hydrogens is 665 g/mol. The first-order valence-corrected chi connectivity index (χ1v) is 18.9. The third kappa shape index (κ3) is 4.51. The molecule has 0 N–H and O–H groups in total. The Labute approximate surface area is 310 Å². The predicted octanol–water partition coefficient (Wildman–Crippen LogP) is 12.6. The minimum atomic E-state index is -0.0726. The third-order valence-corrected chi connectivity index (χ3v) is 12.2. The summed E-state index contributed by atoms with van der Waals surface area (Å²) in [6, 6.07) is 56.4. The molecule has 250 valence electrons. The van der Waals surface area contributed by atoms with Gasteiger partial charge in [-0.15, -0.1) is 11.3 Å². The molecule has 1 aliphatic carbocycles. The zero-order valence-corrected chi connectivity index (χ0v) is 30.0. The molecule has 4 nitrogen and oxygen atoms in total. The van der Waals surface area contributed by atoms with Crippen molar-refractivity contribution in [2.45, 2.75) is 19.3 Å². The van der Waals surface area contributed by atoms with Crippen molar-refractivity contribution in [3.63, 3.8) is 0 Å². The number of aromatic nitrogens is 4. The van der Waals surface area contributed by atoms with Gasteiger partial charge >= 0.3 is 0 Å². The minimum absolute atomic E-state index is 0.0726. The van der Waals surface area contributed by atoms with E-state index in [0.717, 1.165) is 16.7 Å². The topological polar surface area (TPSA) is 43.6 Å². The first-order chi connectivity index (χ1) is 26.0. The molecular formula is C48H32N4S. The summed E-state index contributed by atoms with van der Waals surface area (Å²) in [6.07, 6.45) is 0. The summed E-state index contributed by atoms with van der Waals surface area (Å²) < 4.78 is 4.95. The molecule has 3 aromatic heterocycles. The van der Waals surface area contributed by atoms with Crippen LogP contribution in [0, 0.1) is 0 Å². The zero-order valence-electron chi connectivity index (χ0n) is 29.2. The maximum absolute atomic E-state index is 5.00. The average molecular weight is 697 g/mol. The summed E-state index contributed by atoms with van der Waals surface area (Å²) in [5.74, 6) is 2.00. The minimum Gasteiger partial charge on any atom is -0.309 e. The van der Waals surface area contributed by atoms with Crippen LogP contribution in [0.3, 0.4) is 0 Å². The van der Waals surface area contributed by atoms with E-state index in [1.54, 1.807) is 0 Å². The molecule has 11 rings (SSSR count). The lowest BCUT2D eigenvalue weighted by molar-refractivity contribution is 0.661. The van der Waals surface area contributed by atoms with Gasteiger partial charge in [-0.25, -0.2) is 15.0 Å². The Balaban J connectivity index is 1.09. The molecule has 0 bridgehead atoms. The molecule has 1 aliphatic rings. The zero-order chi connectivity index (χ0) is 35.3. The molecule has 0 atom stereocenters. The number of nitrogens with zero attached hydrogens (tertiary/aromatic N) is 4. The number of hydrogen-bond acceptors (Lipinski definition) is 4. The van der Waals surface area contributed by atoms with E-state index in [9.17, 15) is 0 Å². The lowest BCUT2D eigenvalue weighted by atomic mass is 9.82. The number of benzene rings is 7. The van der Waals surface area contributed by atoms with Crippen LogP contribution in [0.15, 0.2) is 158 Å². The SMILES string of the molecule is CC1(C)c2ccccc2-c2c1ccc1c3ccccc3n(-c3ccc4c(c3)sc3cc(-c5nc(-c6ccccc6)nc(-c6ccccc6)n5)ccc34)c21. The highest BCUT2D eigenvalue weighted by molar-refractivity contribution is 7.25. The van der Waals surface area contributed by atoms with Gasteiger partial charge in [0.2, 0.25) is 0 Å². The van der Waals surface area contributed by atoms with E-state index >= 15 is 0 Å². The number of hydrogen-bond donors (Lipinski definition) is 0. The van der Waals surface area contributed by atoms with E-state index in [1.165, 1.54) is 69.9 Å². The normalized spacial score (nSPS) is 13.2. The van der Waals surface area contributed by atoms with Gasteiger partial charge < -0.3 is 4.57 Å². The fourth-order valence-corrected chi connectivity index (χ4v) is 9.67. The smallest absolute Gasteiger partial charge is 0.164 e. The van der Waals surface area contributed by atoms with Crippen LogP contribution in [0.5, 0.6) is 0 Å². The molecule has 0 saturated heterocycles. The van der Waals surface area contributed by atoms with Gasteiger partial charge in [-0.3, -0.25) is 0 Å². The first kappa shape index (κ1) is 30.2. The van der Waals surface area contributed by atoms with Gasteiger partial charge in [-0.1, -0.05) is 147 Å². The van der Waals surface area contributed by atoms with Crippen LogP contribution in [0.4, 0.5) is 0 Å². The Morgan fingerprint density at radius 2 is 1.06 bits per heavy atom. The maximum atomic E-state index is 5.00. The van der Waals surface area contributed by atoms with Crippen molar-refractivity contribution >= 4 is 53.3 Å². The predicted molar refractivity (Wildman–Crippen MR) is 221 cm³/mol. The largest absolute Gasteiger partial charge is 0.309 e. The fourth-order valence-electron chi connectivity index (χ4n) is 8.49. The van der Waals surface area contributed by atoms with E-state index in [2.05, 4.69) is 115 Å². The molecule has 53 heavy (non-hydrogen) atoms. The molecule has 0 radical (unpaired) electrons. The van der Waals surface area contributed by atoms with Crippen molar-refractivity contribution in [2.24, 2.45) is 0 Å².